The van der Waals surface area contributed by atoms with Crippen LogP contribution in [-0.4, -0.2) is 33.1 Å². The smallest absolute Gasteiger partial charge is 0.325 e. The number of halogens is 1. The molecule has 1 amide bonds. The number of unbranched alkanes of at least 4 members (excludes halogenated alkanes) is 1. The number of rotatable bonds is 11. The van der Waals surface area contributed by atoms with Crippen LogP contribution >= 0.6 is 11.6 Å². The molecule has 8 heteroatoms. The summed E-state index contributed by atoms with van der Waals surface area (Å²) in [5, 5.41) is 12.6. The molecule has 0 saturated heterocycles. The summed E-state index contributed by atoms with van der Waals surface area (Å²) >= 11 is 6.20. The lowest BCUT2D eigenvalue weighted by Gasteiger charge is -2.12. The average molecular weight is 470 g/mol. The van der Waals surface area contributed by atoms with Gasteiger partial charge in [-0.25, -0.2) is 4.98 Å². The minimum atomic E-state index is -0.503. The quantitative estimate of drug-likeness (QED) is 0.415. The topological polar surface area (TPSA) is 93.5 Å². The summed E-state index contributed by atoms with van der Waals surface area (Å²) in [5.41, 5.74) is 2.84. The number of aliphatic hydroxyl groups excluding tert-OH is 1. The summed E-state index contributed by atoms with van der Waals surface area (Å²) in [7, 11) is 0. The Hall–Kier alpha value is -3.16. The Morgan fingerprint density at radius 3 is 2.48 bits per heavy atom. The van der Waals surface area contributed by atoms with E-state index in [0.29, 0.717) is 23.0 Å². The van der Waals surface area contributed by atoms with Gasteiger partial charge in [-0.3, -0.25) is 9.59 Å². The molecule has 1 aromatic heterocycles. The van der Waals surface area contributed by atoms with Gasteiger partial charge < -0.3 is 19.7 Å². The Balaban J connectivity index is 1.55. The molecule has 0 aliphatic rings. The molecule has 1 heterocycles. The van der Waals surface area contributed by atoms with Gasteiger partial charge in [0, 0.05) is 18.5 Å². The predicted molar refractivity (Wildman–Crippen MR) is 126 cm³/mol. The van der Waals surface area contributed by atoms with Gasteiger partial charge in [0.1, 0.15) is 19.0 Å². The van der Waals surface area contributed by atoms with Crippen LogP contribution < -0.4 is 5.32 Å². The minimum Gasteiger partial charge on any atom is -0.460 e. The number of aromatic nitrogens is 2. The molecule has 2 aromatic carbocycles. The number of ether oxygens (including phenoxy) is 1. The molecule has 2 N–H and O–H groups in total. The van der Waals surface area contributed by atoms with Crippen molar-refractivity contribution < 1.29 is 19.4 Å². The summed E-state index contributed by atoms with van der Waals surface area (Å²) in [6.45, 7) is 2.36. The number of benzene rings is 2. The number of imidazole rings is 1. The van der Waals surface area contributed by atoms with Crippen molar-refractivity contribution in [2.24, 2.45) is 0 Å². The number of aryl methyl sites for hydroxylation is 1. The van der Waals surface area contributed by atoms with Gasteiger partial charge in [0.05, 0.1) is 12.3 Å². The highest BCUT2D eigenvalue weighted by atomic mass is 35.5. The Morgan fingerprint density at radius 2 is 1.82 bits per heavy atom. The molecule has 174 valence electrons. The Morgan fingerprint density at radius 1 is 1.09 bits per heavy atom. The van der Waals surface area contributed by atoms with E-state index < -0.39 is 5.97 Å². The molecule has 3 aromatic rings. The third-order valence-electron chi connectivity index (χ3n) is 5.20. The van der Waals surface area contributed by atoms with E-state index >= 15 is 0 Å². The zero-order chi connectivity index (χ0) is 23.6. The number of hydrogen-bond acceptors (Lipinski definition) is 5. The number of amides is 1. The van der Waals surface area contributed by atoms with Crippen LogP contribution in [0, 0.1) is 0 Å². The fourth-order valence-electron chi connectivity index (χ4n) is 3.36. The molecular weight excluding hydrogens is 442 g/mol. The van der Waals surface area contributed by atoms with Crippen molar-refractivity contribution >= 4 is 23.5 Å². The fraction of sp³-hybridized carbons (Fsp3) is 0.320. The van der Waals surface area contributed by atoms with Gasteiger partial charge in [0.2, 0.25) is 0 Å². The monoisotopic (exact) mass is 469 g/mol. The van der Waals surface area contributed by atoms with Gasteiger partial charge in [-0.1, -0.05) is 67.4 Å². The average Bonchev–Trinajstić information content (AvgIpc) is 3.14. The molecule has 0 spiro atoms. The van der Waals surface area contributed by atoms with Crippen LogP contribution in [0.25, 0.3) is 0 Å². The number of carbonyl (C=O) groups is 2. The van der Waals surface area contributed by atoms with E-state index in [2.05, 4.69) is 17.2 Å². The summed E-state index contributed by atoms with van der Waals surface area (Å²) in [4.78, 5) is 28.7. The maximum absolute atomic E-state index is 12.4. The maximum Gasteiger partial charge on any atom is 0.325 e. The first-order valence-electron chi connectivity index (χ1n) is 10.9. The van der Waals surface area contributed by atoms with Gasteiger partial charge in [0.25, 0.3) is 5.91 Å². The number of hydrogen-bond donors (Lipinski definition) is 2. The summed E-state index contributed by atoms with van der Waals surface area (Å²) < 4.78 is 7.10. The molecule has 33 heavy (non-hydrogen) atoms. The highest BCUT2D eigenvalue weighted by Crippen LogP contribution is 2.21. The second-order valence-corrected chi connectivity index (χ2v) is 8.00. The van der Waals surface area contributed by atoms with Crippen LogP contribution in [0.5, 0.6) is 0 Å². The lowest BCUT2D eigenvalue weighted by atomic mass is 10.1. The summed E-state index contributed by atoms with van der Waals surface area (Å²) in [5.74, 6) is -0.0257. The van der Waals surface area contributed by atoms with Crippen LogP contribution in [-0.2, 0) is 35.7 Å². The number of nitrogens with zero attached hydrogens (tertiary/aromatic N) is 2. The van der Waals surface area contributed by atoms with Crippen molar-refractivity contribution in [2.75, 3.05) is 6.54 Å². The van der Waals surface area contributed by atoms with Crippen molar-refractivity contribution in [3.05, 3.63) is 88.0 Å². The Bertz CT molecular complexity index is 1070. The normalized spacial score (nSPS) is 10.8. The second kappa shape index (κ2) is 12.2. The van der Waals surface area contributed by atoms with E-state index in [1.807, 2.05) is 47.0 Å². The Kier molecular flexibility index (Phi) is 9.04. The molecule has 3 rings (SSSR count). The maximum atomic E-state index is 12.4. The van der Waals surface area contributed by atoms with E-state index in [1.165, 1.54) is 0 Å². The molecule has 0 radical (unpaired) electrons. The van der Waals surface area contributed by atoms with E-state index in [4.69, 9.17) is 16.3 Å². The lowest BCUT2D eigenvalue weighted by Crippen LogP contribution is -2.30. The van der Waals surface area contributed by atoms with Gasteiger partial charge in [-0.15, -0.1) is 0 Å². The molecule has 0 aliphatic heterocycles. The SMILES string of the molecule is CCCCc1nc(Cl)c(CO)n1Cc1ccc(C(=O)NCC(=O)OCc2ccccc2)cc1. The molecule has 0 fully saturated rings. The molecule has 0 bridgehead atoms. The molecular formula is C25H28ClN3O4. The number of aliphatic hydroxyl groups is 1. The summed E-state index contributed by atoms with van der Waals surface area (Å²) in [6.07, 6.45) is 2.78. The van der Waals surface area contributed by atoms with Crippen LogP contribution in [0.4, 0.5) is 0 Å². The Labute approximate surface area is 198 Å². The van der Waals surface area contributed by atoms with Crippen LogP contribution in [0.1, 0.15) is 52.8 Å². The predicted octanol–water partition coefficient (Wildman–Crippen LogP) is 3.89. The van der Waals surface area contributed by atoms with Crippen LogP contribution in [0.2, 0.25) is 5.15 Å². The molecule has 0 atom stereocenters. The molecule has 0 aliphatic carbocycles. The van der Waals surface area contributed by atoms with Crippen LogP contribution in [0.3, 0.4) is 0 Å². The third-order valence-corrected chi connectivity index (χ3v) is 5.50. The van der Waals surface area contributed by atoms with E-state index in [1.54, 1.807) is 12.1 Å². The number of esters is 1. The van der Waals surface area contributed by atoms with E-state index in [9.17, 15) is 14.7 Å². The van der Waals surface area contributed by atoms with Gasteiger partial charge in [-0.2, -0.15) is 0 Å². The van der Waals surface area contributed by atoms with Gasteiger partial charge in [0.15, 0.2) is 5.15 Å². The second-order valence-electron chi connectivity index (χ2n) is 7.64. The van der Waals surface area contributed by atoms with E-state index in [0.717, 1.165) is 36.2 Å². The first-order chi connectivity index (χ1) is 16.0. The lowest BCUT2D eigenvalue weighted by molar-refractivity contribution is -0.143. The van der Waals surface area contributed by atoms with Gasteiger partial charge >= 0.3 is 5.97 Å². The first-order valence-corrected chi connectivity index (χ1v) is 11.3. The highest BCUT2D eigenvalue weighted by molar-refractivity contribution is 6.30. The molecule has 0 unspecified atom stereocenters. The van der Waals surface area contributed by atoms with Crippen molar-refractivity contribution in [1.82, 2.24) is 14.9 Å². The first kappa shape index (κ1) is 24.5. The van der Waals surface area contributed by atoms with Crippen molar-refractivity contribution in [3.8, 4) is 0 Å². The zero-order valence-electron chi connectivity index (χ0n) is 18.6. The largest absolute Gasteiger partial charge is 0.460 e. The summed E-state index contributed by atoms with van der Waals surface area (Å²) in [6, 6.07) is 16.4. The third kappa shape index (κ3) is 6.91. The number of carbonyl (C=O) groups excluding carboxylic acids is 2. The zero-order valence-corrected chi connectivity index (χ0v) is 19.3. The van der Waals surface area contributed by atoms with Crippen molar-refractivity contribution in [1.29, 1.82) is 0 Å². The fourth-order valence-corrected chi connectivity index (χ4v) is 3.62. The molecule has 7 nitrogen and oxygen atoms in total. The minimum absolute atomic E-state index is 0.165. The van der Waals surface area contributed by atoms with Gasteiger partial charge in [-0.05, 0) is 29.7 Å². The molecule has 0 saturated carbocycles. The van der Waals surface area contributed by atoms with Crippen LogP contribution in [0.15, 0.2) is 54.6 Å². The number of nitrogens with one attached hydrogen (secondary N) is 1. The van der Waals surface area contributed by atoms with E-state index in [-0.39, 0.29) is 25.7 Å². The standard InChI is InChI=1S/C25H28ClN3O4/c1-2-3-9-22-28-24(26)21(16-30)29(22)15-18-10-12-20(13-11-18)25(32)27-14-23(31)33-17-19-7-5-4-6-8-19/h4-8,10-13,30H,2-3,9,14-17H2,1H3,(H,27,32). The van der Waals surface area contributed by atoms with Crippen molar-refractivity contribution in [2.45, 2.75) is 45.9 Å². The highest BCUT2D eigenvalue weighted by Gasteiger charge is 2.16. The van der Waals surface area contributed by atoms with Crippen molar-refractivity contribution in [3.63, 3.8) is 0 Å².